The van der Waals surface area contributed by atoms with Crippen molar-refractivity contribution in [2.24, 2.45) is 4.99 Å². The zero-order valence-electron chi connectivity index (χ0n) is 14.9. The molecule has 132 valence electrons. The summed E-state index contributed by atoms with van der Waals surface area (Å²) >= 11 is 0. The molecule has 0 amide bonds. The predicted octanol–water partition coefficient (Wildman–Crippen LogP) is 1.13. The maximum absolute atomic E-state index is 4.47. The van der Waals surface area contributed by atoms with Gasteiger partial charge in [-0.3, -0.25) is 9.67 Å². The van der Waals surface area contributed by atoms with E-state index >= 15 is 0 Å². The van der Waals surface area contributed by atoms with Crippen molar-refractivity contribution in [1.82, 2.24) is 35.2 Å². The lowest BCUT2D eigenvalue weighted by Gasteiger charge is -2.12. The number of hydrogen-bond donors (Lipinski definition) is 2. The summed E-state index contributed by atoms with van der Waals surface area (Å²) in [5, 5.41) is 18.7. The largest absolute Gasteiger partial charge is 0.356 e. The van der Waals surface area contributed by atoms with E-state index in [0.717, 1.165) is 57.1 Å². The van der Waals surface area contributed by atoms with E-state index in [4.69, 9.17) is 0 Å². The van der Waals surface area contributed by atoms with Gasteiger partial charge in [0, 0.05) is 38.9 Å². The van der Waals surface area contributed by atoms with Crippen LogP contribution in [0, 0.1) is 13.8 Å². The van der Waals surface area contributed by atoms with E-state index in [1.165, 1.54) is 5.69 Å². The fourth-order valence-electron chi connectivity index (χ4n) is 2.52. The van der Waals surface area contributed by atoms with Gasteiger partial charge in [-0.2, -0.15) is 5.10 Å². The minimum Gasteiger partial charge on any atom is -0.356 e. The van der Waals surface area contributed by atoms with Crippen LogP contribution < -0.4 is 10.6 Å². The fraction of sp³-hybridized carbons (Fsp3) is 0.625. The normalized spacial score (nSPS) is 11.7. The van der Waals surface area contributed by atoms with Gasteiger partial charge in [-0.05, 0) is 39.2 Å². The Morgan fingerprint density at radius 3 is 2.38 bits per heavy atom. The molecule has 2 N–H and O–H groups in total. The van der Waals surface area contributed by atoms with Crippen molar-refractivity contribution in [3.63, 3.8) is 0 Å². The molecule has 0 aliphatic rings. The van der Waals surface area contributed by atoms with E-state index in [2.05, 4.69) is 48.6 Å². The van der Waals surface area contributed by atoms with Gasteiger partial charge in [0.2, 0.25) is 0 Å². The Bertz CT molecular complexity index is 614. The van der Waals surface area contributed by atoms with Crippen molar-refractivity contribution in [2.45, 2.75) is 46.2 Å². The van der Waals surface area contributed by atoms with Gasteiger partial charge < -0.3 is 15.2 Å². The average molecular weight is 332 g/mol. The molecule has 2 aromatic heterocycles. The third-order valence-electron chi connectivity index (χ3n) is 3.77. The lowest BCUT2D eigenvalue weighted by molar-refractivity contribution is 0.553. The van der Waals surface area contributed by atoms with E-state index in [0.29, 0.717) is 0 Å². The Labute approximate surface area is 143 Å². The van der Waals surface area contributed by atoms with E-state index in [-0.39, 0.29) is 0 Å². The van der Waals surface area contributed by atoms with Crippen LogP contribution >= 0.6 is 0 Å². The van der Waals surface area contributed by atoms with E-state index in [9.17, 15) is 0 Å². The number of aliphatic imine (C=N–C) groups is 1. The highest BCUT2D eigenvalue weighted by atomic mass is 15.3. The zero-order valence-corrected chi connectivity index (χ0v) is 14.9. The summed E-state index contributed by atoms with van der Waals surface area (Å²) in [7, 11) is 1.80. The monoisotopic (exact) mass is 332 g/mol. The minimum atomic E-state index is 0.854. The van der Waals surface area contributed by atoms with E-state index < -0.39 is 0 Å². The van der Waals surface area contributed by atoms with Gasteiger partial charge in [0.25, 0.3) is 0 Å². The summed E-state index contributed by atoms with van der Waals surface area (Å²) in [6.07, 6.45) is 6.66. The smallest absolute Gasteiger partial charge is 0.190 e. The first kappa shape index (κ1) is 18.0. The molecule has 0 aliphatic carbocycles. The summed E-state index contributed by atoms with van der Waals surface area (Å²) in [5.74, 6) is 0.854. The number of hydrogen-bond acceptors (Lipinski definition) is 4. The van der Waals surface area contributed by atoms with Crippen LogP contribution in [0.25, 0.3) is 0 Å². The van der Waals surface area contributed by atoms with E-state index in [1.54, 1.807) is 19.7 Å². The number of aryl methyl sites for hydroxylation is 4. The molecular formula is C16H28N8. The Morgan fingerprint density at radius 1 is 1.04 bits per heavy atom. The molecule has 0 aliphatic heterocycles. The molecule has 2 heterocycles. The van der Waals surface area contributed by atoms with Gasteiger partial charge in [0.05, 0.1) is 5.69 Å². The molecule has 0 fully saturated rings. The first-order chi connectivity index (χ1) is 11.7. The molecule has 2 rings (SSSR count). The van der Waals surface area contributed by atoms with Gasteiger partial charge in [-0.25, -0.2) is 0 Å². The van der Waals surface area contributed by atoms with Crippen LogP contribution in [0.4, 0.5) is 0 Å². The number of guanidine groups is 1. The second-order valence-electron chi connectivity index (χ2n) is 5.84. The van der Waals surface area contributed by atoms with Gasteiger partial charge in [0.15, 0.2) is 5.96 Å². The highest BCUT2D eigenvalue weighted by Crippen LogP contribution is 2.02. The lowest BCUT2D eigenvalue weighted by atomic mass is 10.3. The highest BCUT2D eigenvalue weighted by Gasteiger charge is 2.01. The molecule has 0 bridgehead atoms. The van der Waals surface area contributed by atoms with Crippen LogP contribution in [0.15, 0.2) is 23.7 Å². The maximum Gasteiger partial charge on any atom is 0.190 e. The lowest BCUT2D eigenvalue weighted by Crippen LogP contribution is -2.38. The molecule has 2 aromatic rings. The third-order valence-corrected chi connectivity index (χ3v) is 3.77. The van der Waals surface area contributed by atoms with Crippen molar-refractivity contribution >= 4 is 5.96 Å². The maximum atomic E-state index is 4.47. The number of unbranched alkanes of at least 4 members (excludes halogenated alkanes) is 1. The Hall–Kier alpha value is -2.38. The molecule has 0 aromatic carbocycles. The first-order valence-corrected chi connectivity index (χ1v) is 8.47. The number of nitrogens with one attached hydrogen (secondary N) is 2. The Balaban J connectivity index is 1.54. The fourth-order valence-corrected chi connectivity index (χ4v) is 2.52. The Morgan fingerprint density at radius 2 is 1.75 bits per heavy atom. The van der Waals surface area contributed by atoms with Crippen LogP contribution in [0.2, 0.25) is 0 Å². The van der Waals surface area contributed by atoms with Crippen molar-refractivity contribution < 1.29 is 0 Å². The van der Waals surface area contributed by atoms with Crippen LogP contribution in [0.5, 0.6) is 0 Å². The summed E-state index contributed by atoms with van der Waals surface area (Å²) in [4.78, 5) is 4.25. The van der Waals surface area contributed by atoms with Crippen molar-refractivity contribution in [1.29, 1.82) is 0 Å². The first-order valence-electron chi connectivity index (χ1n) is 8.47. The SMILES string of the molecule is CN=C(NCCCCn1cnnc1)NCCCn1nc(C)cc1C. The molecule has 24 heavy (non-hydrogen) atoms. The molecule has 0 atom stereocenters. The highest BCUT2D eigenvalue weighted by molar-refractivity contribution is 5.79. The van der Waals surface area contributed by atoms with Crippen molar-refractivity contribution in [3.05, 3.63) is 30.1 Å². The molecular weight excluding hydrogens is 304 g/mol. The topological polar surface area (TPSA) is 85.0 Å². The molecule has 0 unspecified atom stereocenters. The second kappa shape index (κ2) is 9.69. The third kappa shape index (κ3) is 6.02. The summed E-state index contributed by atoms with van der Waals surface area (Å²) in [5.41, 5.74) is 2.28. The summed E-state index contributed by atoms with van der Waals surface area (Å²) in [6.45, 7) is 7.76. The quantitative estimate of drug-likeness (QED) is 0.408. The molecule has 8 heteroatoms. The molecule has 0 spiro atoms. The zero-order chi connectivity index (χ0) is 17.2. The van der Waals surface area contributed by atoms with Crippen LogP contribution in [-0.2, 0) is 13.1 Å². The molecule has 8 nitrogen and oxygen atoms in total. The van der Waals surface area contributed by atoms with Gasteiger partial charge in [-0.15, -0.1) is 10.2 Å². The van der Waals surface area contributed by atoms with Crippen molar-refractivity contribution in [2.75, 3.05) is 20.1 Å². The van der Waals surface area contributed by atoms with Gasteiger partial charge >= 0.3 is 0 Å². The standard InChI is InChI=1S/C16H28N8/c1-14-11-15(2)24(22-14)10-6-8-19-16(17-3)18-7-4-5-9-23-12-20-21-13-23/h11-13H,4-10H2,1-3H3,(H2,17,18,19). The van der Waals surface area contributed by atoms with Crippen LogP contribution in [0.1, 0.15) is 30.7 Å². The Kier molecular flexibility index (Phi) is 7.25. The van der Waals surface area contributed by atoms with Crippen molar-refractivity contribution in [3.8, 4) is 0 Å². The molecule has 0 radical (unpaired) electrons. The average Bonchev–Trinajstić information content (AvgIpc) is 3.18. The predicted molar refractivity (Wildman–Crippen MR) is 94.9 cm³/mol. The van der Waals surface area contributed by atoms with Gasteiger partial charge in [-0.1, -0.05) is 0 Å². The van der Waals surface area contributed by atoms with Crippen LogP contribution in [0.3, 0.4) is 0 Å². The number of aromatic nitrogens is 5. The van der Waals surface area contributed by atoms with Crippen LogP contribution in [-0.4, -0.2) is 50.6 Å². The van der Waals surface area contributed by atoms with Gasteiger partial charge in [0.1, 0.15) is 12.7 Å². The number of nitrogens with zero attached hydrogens (tertiary/aromatic N) is 6. The molecule has 0 saturated carbocycles. The second-order valence-corrected chi connectivity index (χ2v) is 5.84. The number of rotatable bonds is 9. The summed E-state index contributed by atoms with van der Waals surface area (Å²) < 4.78 is 4.05. The summed E-state index contributed by atoms with van der Waals surface area (Å²) in [6, 6.07) is 2.10. The molecule has 0 saturated heterocycles. The van der Waals surface area contributed by atoms with E-state index in [1.807, 2.05) is 11.5 Å². The minimum absolute atomic E-state index is 0.854.